The first-order chi connectivity index (χ1) is 11.4. The van der Waals surface area contributed by atoms with Gasteiger partial charge in [0, 0.05) is 24.0 Å². The van der Waals surface area contributed by atoms with E-state index in [-0.39, 0.29) is 29.9 Å². The molecular weight excluding hydrogens is 326 g/mol. The molecule has 1 amide bonds. The number of rotatable bonds is 3. The fourth-order valence-electron chi connectivity index (χ4n) is 3.86. The van der Waals surface area contributed by atoms with Crippen molar-refractivity contribution in [3.63, 3.8) is 0 Å². The van der Waals surface area contributed by atoms with Gasteiger partial charge in [0.25, 0.3) is 0 Å². The van der Waals surface area contributed by atoms with Crippen molar-refractivity contribution >= 4 is 26.7 Å². The molecule has 0 unspecified atom stereocenters. The number of furan rings is 1. The molecule has 1 aromatic heterocycles. The molecule has 0 saturated carbocycles. The van der Waals surface area contributed by atoms with Crippen LogP contribution in [0.25, 0.3) is 11.0 Å². The summed E-state index contributed by atoms with van der Waals surface area (Å²) in [5, 5.41) is 1.01. The first-order valence-electron chi connectivity index (χ1n) is 8.41. The van der Waals surface area contributed by atoms with Crippen molar-refractivity contribution in [3.05, 3.63) is 35.1 Å². The van der Waals surface area contributed by atoms with Gasteiger partial charge in [-0.2, -0.15) is 0 Å². The van der Waals surface area contributed by atoms with Gasteiger partial charge in [0.05, 0.1) is 24.2 Å². The molecule has 4 rings (SSSR count). The number of nitrogens with zero attached hydrogens (tertiary/aromatic N) is 1. The minimum Gasteiger partial charge on any atom is -0.464 e. The molecule has 0 spiro atoms. The Balaban J connectivity index is 1.55. The largest absolute Gasteiger partial charge is 0.464 e. The average Bonchev–Trinajstić information content (AvgIpc) is 3.23. The molecule has 2 heterocycles. The van der Waals surface area contributed by atoms with Crippen molar-refractivity contribution in [3.8, 4) is 0 Å². The third kappa shape index (κ3) is 2.73. The smallest absolute Gasteiger partial charge is 0.227 e. The van der Waals surface area contributed by atoms with Crippen LogP contribution in [-0.4, -0.2) is 43.8 Å². The second-order valence-electron chi connectivity index (χ2n) is 6.97. The van der Waals surface area contributed by atoms with Crippen LogP contribution in [0.15, 0.2) is 22.8 Å². The molecular formula is C18H21NO4S. The Morgan fingerprint density at radius 1 is 1.29 bits per heavy atom. The van der Waals surface area contributed by atoms with Gasteiger partial charge in [-0.1, -0.05) is 0 Å². The van der Waals surface area contributed by atoms with Gasteiger partial charge in [-0.25, -0.2) is 8.42 Å². The maximum atomic E-state index is 12.6. The molecule has 0 N–H and O–H groups in total. The van der Waals surface area contributed by atoms with E-state index in [2.05, 4.69) is 12.1 Å². The molecule has 1 aromatic carbocycles. The van der Waals surface area contributed by atoms with Crippen molar-refractivity contribution in [1.29, 1.82) is 0 Å². The van der Waals surface area contributed by atoms with Crippen LogP contribution in [-0.2, 0) is 33.9 Å². The first kappa shape index (κ1) is 15.7. The summed E-state index contributed by atoms with van der Waals surface area (Å²) < 4.78 is 28.9. The number of amides is 1. The maximum absolute atomic E-state index is 12.6. The van der Waals surface area contributed by atoms with Crippen molar-refractivity contribution in [2.45, 2.75) is 38.1 Å². The van der Waals surface area contributed by atoms with Gasteiger partial charge in [0.2, 0.25) is 5.91 Å². The van der Waals surface area contributed by atoms with Crippen LogP contribution in [0.2, 0.25) is 0 Å². The molecule has 1 fully saturated rings. The monoisotopic (exact) mass is 347 g/mol. The quantitative estimate of drug-likeness (QED) is 0.853. The average molecular weight is 347 g/mol. The summed E-state index contributed by atoms with van der Waals surface area (Å²) in [5.41, 5.74) is 4.43. The van der Waals surface area contributed by atoms with E-state index in [1.807, 2.05) is 0 Å². The van der Waals surface area contributed by atoms with Gasteiger partial charge in [0.1, 0.15) is 5.58 Å². The Bertz CT molecular complexity index is 912. The van der Waals surface area contributed by atoms with E-state index in [9.17, 15) is 13.2 Å². The van der Waals surface area contributed by atoms with Crippen LogP contribution in [0.5, 0.6) is 0 Å². The third-order valence-corrected chi connectivity index (χ3v) is 7.11. The molecule has 5 nitrogen and oxygen atoms in total. The molecule has 24 heavy (non-hydrogen) atoms. The molecule has 2 aromatic rings. The number of benzene rings is 1. The van der Waals surface area contributed by atoms with Gasteiger partial charge in [0.15, 0.2) is 9.84 Å². The predicted octanol–water partition coefficient (Wildman–Crippen LogP) is 2.11. The third-order valence-electron chi connectivity index (χ3n) is 5.36. The second-order valence-corrected chi connectivity index (χ2v) is 9.20. The van der Waals surface area contributed by atoms with E-state index >= 15 is 0 Å². The molecule has 2 aliphatic rings. The first-order valence-corrected chi connectivity index (χ1v) is 10.2. The number of hydrogen-bond donors (Lipinski definition) is 0. The van der Waals surface area contributed by atoms with Crippen LogP contribution < -0.4 is 0 Å². The highest BCUT2D eigenvalue weighted by Crippen LogP contribution is 2.31. The Hall–Kier alpha value is -1.82. The van der Waals surface area contributed by atoms with Gasteiger partial charge >= 0.3 is 0 Å². The molecule has 0 bridgehead atoms. The van der Waals surface area contributed by atoms with Gasteiger partial charge in [-0.3, -0.25) is 4.79 Å². The summed E-state index contributed by atoms with van der Waals surface area (Å²) in [6.07, 6.45) is 5.80. The topological polar surface area (TPSA) is 67.6 Å². The van der Waals surface area contributed by atoms with Crippen LogP contribution in [0.1, 0.15) is 29.5 Å². The standard InChI is InChI=1S/C18H21NO4S/c1-19(15-5-6-24(21,22)11-15)18(20)9-14-10-23-17-8-13-4-2-3-12(13)7-16(14)17/h7-8,10,15H,2-6,9,11H2,1H3/t15-/m1/s1. The van der Waals surface area contributed by atoms with Crippen molar-refractivity contribution < 1.29 is 17.6 Å². The van der Waals surface area contributed by atoms with Crippen LogP contribution >= 0.6 is 0 Å². The number of hydrogen-bond acceptors (Lipinski definition) is 4. The van der Waals surface area contributed by atoms with Gasteiger partial charge < -0.3 is 9.32 Å². The molecule has 0 radical (unpaired) electrons. The van der Waals surface area contributed by atoms with E-state index in [4.69, 9.17) is 4.42 Å². The number of carbonyl (C=O) groups is 1. The molecule has 128 valence electrons. The highest BCUT2D eigenvalue weighted by Gasteiger charge is 2.32. The summed E-state index contributed by atoms with van der Waals surface area (Å²) in [5.74, 6) is 0.200. The van der Waals surface area contributed by atoms with Gasteiger partial charge in [-0.15, -0.1) is 0 Å². The Kier molecular flexibility index (Phi) is 3.67. The Labute approximate surface area is 141 Å². The van der Waals surface area contributed by atoms with Crippen LogP contribution in [0.4, 0.5) is 0 Å². The number of likely N-dealkylation sites (N-methyl/N-ethyl adjacent to an activating group) is 1. The lowest BCUT2D eigenvalue weighted by atomic mass is 10.0. The lowest BCUT2D eigenvalue weighted by Gasteiger charge is -2.23. The zero-order valence-electron chi connectivity index (χ0n) is 13.7. The van der Waals surface area contributed by atoms with Gasteiger partial charge in [-0.05, 0) is 48.9 Å². The Morgan fingerprint density at radius 2 is 2.04 bits per heavy atom. The minimum absolute atomic E-state index is 0.0553. The summed E-state index contributed by atoms with van der Waals surface area (Å²) in [7, 11) is -1.29. The zero-order valence-corrected chi connectivity index (χ0v) is 14.6. The Morgan fingerprint density at radius 3 is 2.75 bits per heavy atom. The molecule has 6 heteroatoms. The van der Waals surface area contributed by atoms with Crippen molar-refractivity contribution in [1.82, 2.24) is 4.90 Å². The maximum Gasteiger partial charge on any atom is 0.227 e. The highest BCUT2D eigenvalue weighted by molar-refractivity contribution is 7.91. The summed E-state index contributed by atoms with van der Waals surface area (Å²) in [6.45, 7) is 0. The van der Waals surface area contributed by atoms with E-state index in [1.54, 1.807) is 18.2 Å². The molecule has 1 saturated heterocycles. The fourth-order valence-corrected chi connectivity index (χ4v) is 5.63. The fraction of sp³-hybridized carbons (Fsp3) is 0.500. The van der Waals surface area contributed by atoms with E-state index in [0.717, 1.165) is 29.4 Å². The zero-order chi connectivity index (χ0) is 16.9. The molecule has 1 aliphatic heterocycles. The normalized spacial score (nSPS) is 22.0. The lowest BCUT2D eigenvalue weighted by Crippen LogP contribution is -2.38. The summed E-state index contributed by atoms with van der Waals surface area (Å²) in [6, 6.07) is 4.05. The number of sulfone groups is 1. The van der Waals surface area contributed by atoms with Crippen molar-refractivity contribution in [2.75, 3.05) is 18.6 Å². The van der Waals surface area contributed by atoms with E-state index < -0.39 is 9.84 Å². The van der Waals surface area contributed by atoms with Crippen LogP contribution in [0.3, 0.4) is 0 Å². The number of aryl methyl sites for hydroxylation is 2. The number of carbonyl (C=O) groups excluding carboxylic acids is 1. The van der Waals surface area contributed by atoms with E-state index in [1.165, 1.54) is 17.5 Å². The molecule has 1 atom stereocenters. The SMILES string of the molecule is CN(C(=O)Cc1coc2cc3c(cc12)CCC3)[C@@H]1CCS(=O)(=O)C1. The second kappa shape index (κ2) is 5.62. The minimum atomic E-state index is -2.99. The highest BCUT2D eigenvalue weighted by atomic mass is 32.2. The number of fused-ring (bicyclic) bond motifs is 2. The lowest BCUT2D eigenvalue weighted by molar-refractivity contribution is -0.130. The summed E-state index contributed by atoms with van der Waals surface area (Å²) in [4.78, 5) is 14.2. The van der Waals surface area contributed by atoms with Crippen LogP contribution in [0, 0.1) is 0 Å². The van der Waals surface area contributed by atoms with E-state index in [0.29, 0.717) is 6.42 Å². The predicted molar refractivity (Wildman–Crippen MR) is 91.8 cm³/mol. The summed E-state index contributed by atoms with van der Waals surface area (Å²) >= 11 is 0. The van der Waals surface area contributed by atoms with Crippen molar-refractivity contribution in [2.24, 2.45) is 0 Å². The molecule has 1 aliphatic carbocycles.